The van der Waals surface area contributed by atoms with E-state index in [1.54, 1.807) is 0 Å². The fourth-order valence-electron chi connectivity index (χ4n) is 1.72. The highest BCUT2D eigenvalue weighted by Crippen LogP contribution is 2.13. The molecular weight excluding hydrogens is 232 g/mol. The van der Waals surface area contributed by atoms with Crippen LogP contribution >= 0.6 is 11.3 Å². The largest absolute Gasteiger partial charge is 0.315 e. The van der Waals surface area contributed by atoms with Gasteiger partial charge in [-0.1, -0.05) is 48.6 Å². The van der Waals surface area contributed by atoms with Gasteiger partial charge in [-0.05, 0) is 11.5 Å². The predicted octanol–water partition coefficient (Wildman–Crippen LogP) is 2.33. The van der Waals surface area contributed by atoms with Crippen LogP contribution < -0.4 is 10.2 Å². The molecule has 0 aliphatic rings. The van der Waals surface area contributed by atoms with Gasteiger partial charge in [-0.25, -0.2) is 0 Å². The first-order valence-corrected chi connectivity index (χ1v) is 6.56. The molecule has 0 saturated heterocycles. The maximum absolute atomic E-state index is 10.9. The summed E-state index contributed by atoms with van der Waals surface area (Å²) in [6.45, 7) is 3.82. The van der Waals surface area contributed by atoms with E-state index in [9.17, 15) is 4.79 Å². The zero-order chi connectivity index (χ0) is 12.1. The first kappa shape index (κ1) is 12.1. The Morgan fingerprint density at radius 2 is 2.12 bits per heavy atom. The Bertz CT molecular complexity index is 503. The molecule has 0 fully saturated rings. The summed E-state index contributed by atoms with van der Waals surface area (Å²) in [5.41, 5.74) is 2.29. The van der Waals surface area contributed by atoms with Crippen molar-refractivity contribution in [3.8, 4) is 0 Å². The molecule has 1 atom stereocenters. The van der Waals surface area contributed by atoms with Crippen molar-refractivity contribution < 1.29 is 0 Å². The van der Waals surface area contributed by atoms with Crippen LogP contribution in [0.25, 0.3) is 0 Å². The second-order valence-electron chi connectivity index (χ2n) is 4.12. The monoisotopic (exact) mass is 248 g/mol. The van der Waals surface area contributed by atoms with E-state index in [0.29, 0.717) is 5.92 Å². The summed E-state index contributed by atoms with van der Waals surface area (Å²) >= 11 is 1.21. The SMILES string of the molecule is CC(CNCc1csc(=O)[nH]1)c1ccccc1. The number of H-pyrrole nitrogens is 1. The lowest BCUT2D eigenvalue weighted by molar-refractivity contribution is 0.609. The van der Waals surface area contributed by atoms with E-state index in [4.69, 9.17) is 0 Å². The van der Waals surface area contributed by atoms with Crippen LogP contribution in [0.2, 0.25) is 0 Å². The molecule has 17 heavy (non-hydrogen) atoms. The van der Waals surface area contributed by atoms with Crippen LogP contribution in [-0.2, 0) is 6.54 Å². The number of hydrogen-bond donors (Lipinski definition) is 2. The van der Waals surface area contributed by atoms with Crippen molar-refractivity contribution in [1.29, 1.82) is 0 Å². The second kappa shape index (κ2) is 5.80. The van der Waals surface area contributed by atoms with Gasteiger partial charge in [0.2, 0.25) is 0 Å². The number of hydrogen-bond acceptors (Lipinski definition) is 3. The lowest BCUT2D eigenvalue weighted by Gasteiger charge is -2.12. The number of aromatic nitrogens is 1. The molecule has 2 aromatic rings. The van der Waals surface area contributed by atoms with Crippen molar-refractivity contribution in [3.63, 3.8) is 0 Å². The average Bonchev–Trinajstić information content (AvgIpc) is 2.76. The quantitative estimate of drug-likeness (QED) is 0.853. The van der Waals surface area contributed by atoms with Crippen molar-refractivity contribution in [2.24, 2.45) is 0 Å². The van der Waals surface area contributed by atoms with Gasteiger partial charge in [0.05, 0.1) is 0 Å². The maximum Gasteiger partial charge on any atom is 0.304 e. The maximum atomic E-state index is 10.9. The molecule has 0 aliphatic carbocycles. The highest BCUT2D eigenvalue weighted by molar-refractivity contribution is 7.07. The lowest BCUT2D eigenvalue weighted by Crippen LogP contribution is -2.20. The third-order valence-corrected chi connectivity index (χ3v) is 3.42. The molecule has 0 amide bonds. The molecular formula is C13H16N2OS. The minimum atomic E-state index is 0.0120. The number of thiazole rings is 1. The van der Waals surface area contributed by atoms with Gasteiger partial charge in [0.1, 0.15) is 0 Å². The van der Waals surface area contributed by atoms with Crippen LogP contribution in [0.3, 0.4) is 0 Å². The van der Waals surface area contributed by atoms with Gasteiger partial charge in [0.25, 0.3) is 0 Å². The average molecular weight is 248 g/mol. The molecule has 0 radical (unpaired) electrons. The summed E-state index contributed by atoms with van der Waals surface area (Å²) < 4.78 is 0. The van der Waals surface area contributed by atoms with Crippen LogP contribution in [0.1, 0.15) is 24.1 Å². The van der Waals surface area contributed by atoms with Gasteiger partial charge in [0.15, 0.2) is 0 Å². The summed E-state index contributed by atoms with van der Waals surface area (Å²) in [5.74, 6) is 0.474. The Hall–Kier alpha value is -1.39. The molecule has 2 rings (SSSR count). The summed E-state index contributed by atoms with van der Waals surface area (Å²) in [6.07, 6.45) is 0. The molecule has 1 heterocycles. The smallest absolute Gasteiger partial charge is 0.304 e. The van der Waals surface area contributed by atoms with E-state index in [2.05, 4.69) is 41.5 Å². The Morgan fingerprint density at radius 1 is 1.35 bits per heavy atom. The number of nitrogens with one attached hydrogen (secondary N) is 2. The van der Waals surface area contributed by atoms with Gasteiger partial charge in [-0.15, -0.1) is 0 Å². The molecule has 4 heteroatoms. The summed E-state index contributed by atoms with van der Waals surface area (Å²) in [6, 6.07) is 10.4. The van der Waals surface area contributed by atoms with Crippen molar-refractivity contribution >= 4 is 11.3 Å². The molecule has 0 spiro atoms. The molecule has 3 nitrogen and oxygen atoms in total. The highest BCUT2D eigenvalue weighted by Gasteiger charge is 2.04. The molecule has 0 aliphatic heterocycles. The fourth-order valence-corrected chi connectivity index (χ4v) is 2.30. The van der Waals surface area contributed by atoms with Gasteiger partial charge >= 0.3 is 4.87 Å². The normalized spacial score (nSPS) is 12.5. The predicted molar refractivity (Wildman–Crippen MR) is 71.5 cm³/mol. The third-order valence-electron chi connectivity index (χ3n) is 2.71. The van der Waals surface area contributed by atoms with Gasteiger partial charge in [0, 0.05) is 24.2 Å². The van der Waals surface area contributed by atoms with Crippen LogP contribution in [-0.4, -0.2) is 11.5 Å². The zero-order valence-corrected chi connectivity index (χ0v) is 10.6. The van der Waals surface area contributed by atoms with Crippen LogP contribution in [0, 0.1) is 0 Å². The van der Waals surface area contributed by atoms with Crippen molar-refractivity contribution in [3.05, 3.63) is 56.6 Å². The fraction of sp³-hybridized carbons (Fsp3) is 0.308. The van der Waals surface area contributed by atoms with Crippen LogP contribution in [0.5, 0.6) is 0 Å². The molecule has 0 saturated carbocycles. The Morgan fingerprint density at radius 3 is 2.76 bits per heavy atom. The first-order valence-electron chi connectivity index (χ1n) is 5.68. The van der Waals surface area contributed by atoms with E-state index >= 15 is 0 Å². The van der Waals surface area contributed by atoms with E-state index in [0.717, 1.165) is 18.8 Å². The highest BCUT2D eigenvalue weighted by atomic mass is 32.1. The lowest BCUT2D eigenvalue weighted by atomic mass is 10.0. The Kier molecular flexibility index (Phi) is 4.12. The second-order valence-corrected chi connectivity index (χ2v) is 4.96. The Labute approximate surface area is 105 Å². The molecule has 1 unspecified atom stereocenters. The summed E-state index contributed by atoms with van der Waals surface area (Å²) in [7, 11) is 0. The molecule has 90 valence electrons. The number of rotatable bonds is 5. The summed E-state index contributed by atoms with van der Waals surface area (Å²) in [5, 5.41) is 5.21. The number of aromatic amines is 1. The molecule has 2 N–H and O–H groups in total. The molecule has 0 bridgehead atoms. The van der Waals surface area contributed by atoms with E-state index < -0.39 is 0 Å². The Balaban J connectivity index is 1.81. The van der Waals surface area contributed by atoms with Gasteiger partial charge in [-0.3, -0.25) is 4.79 Å². The van der Waals surface area contributed by atoms with E-state index in [1.807, 2.05) is 11.4 Å². The van der Waals surface area contributed by atoms with Crippen molar-refractivity contribution in [2.75, 3.05) is 6.54 Å². The molecule has 1 aromatic carbocycles. The van der Waals surface area contributed by atoms with Crippen LogP contribution in [0.4, 0.5) is 0 Å². The minimum Gasteiger partial charge on any atom is -0.315 e. The van der Waals surface area contributed by atoms with Crippen molar-refractivity contribution in [2.45, 2.75) is 19.4 Å². The summed E-state index contributed by atoms with van der Waals surface area (Å²) in [4.78, 5) is 13.7. The van der Waals surface area contributed by atoms with Gasteiger partial charge < -0.3 is 10.3 Å². The van der Waals surface area contributed by atoms with E-state index in [1.165, 1.54) is 16.9 Å². The topological polar surface area (TPSA) is 44.9 Å². The third kappa shape index (κ3) is 3.54. The molecule has 1 aromatic heterocycles. The van der Waals surface area contributed by atoms with Gasteiger partial charge in [-0.2, -0.15) is 0 Å². The first-order chi connectivity index (χ1) is 8.25. The standard InChI is InChI=1S/C13H16N2OS/c1-10(11-5-3-2-4-6-11)7-14-8-12-9-17-13(16)15-12/h2-6,9-10,14H,7-8H2,1H3,(H,15,16). The zero-order valence-electron chi connectivity index (χ0n) is 9.77. The van der Waals surface area contributed by atoms with E-state index in [-0.39, 0.29) is 4.87 Å². The van der Waals surface area contributed by atoms with Crippen molar-refractivity contribution in [1.82, 2.24) is 10.3 Å². The van der Waals surface area contributed by atoms with Crippen LogP contribution in [0.15, 0.2) is 40.5 Å². The minimum absolute atomic E-state index is 0.0120. The number of benzene rings is 1.